The summed E-state index contributed by atoms with van der Waals surface area (Å²) >= 11 is 1.84. The summed E-state index contributed by atoms with van der Waals surface area (Å²) in [4.78, 5) is 5.76. The summed E-state index contributed by atoms with van der Waals surface area (Å²) in [5.74, 6) is 0. The van der Waals surface area contributed by atoms with Crippen LogP contribution in [0.3, 0.4) is 0 Å². The second-order valence-corrected chi connectivity index (χ2v) is 6.08. The highest BCUT2D eigenvalue weighted by Gasteiger charge is 2.34. The zero-order valence-corrected chi connectivity index (χ0v) is 11.2. The minimum atomic E-state index is 0.623. The molecular formula is C13H22N2S. The zero-order chi connectivity index (χ0) is 11.4. The van der Waals surface area contributed by atoms with E-state index in [1.165, 1.54) is 42.1 Å². The Balaban J connectivity index is 1.75. The van der Waals surface area contributed by atoms with E-state index in [2.05, 4.69) is 24.1 Å². The van der Waals surface area contributed by atoms with Crippen molar-refractivity contribution in [1.29, 1.82) is 0 Å². The van der Waals surface area contributed by atoms with Crippen molar-refractivity contribution in [3.63, 3.8) is 0 Å². The van der Waals surface area contributed by atoms with Crippen molar-refractivity contribution in [3.05, 3.63) is 16.1 Å². The summed E-state index contributed by atoms with van der Waals surface area (Å²) in [5, 5.41) is 4.86. The highest BCUT2D eigenvalue weighted by molar-refractivity contribution is 7.11. The summed E-state index contributed by atoms with van der Waals surface area (Å²) in [6, 6.07) is 0. The maximum absolute atomic E-state index is 4.38. The lowest BCUT2D eigenvalue weighted by atomic mass is 9.67. The minimum absolute atomic E-state index is 0.623. The number of thiazole rings is 1. The molecule has 16 heavy (non-hydrogen) atoms. The van der Waals surface area contributed by atoms with Gasteiger partial charge in [0.2, 0.25) is 0 Å². The minimum Gasteiger partial charge on any atom is -0.311 e. The molecule has 0 saturated heterocycles. The lowest BCUT2D eigenvalue weighted by Gasteiger charge is -2.41. The van der Waals surface area contributed by atoms with Crippen LogP contribution in [-0.2, 0) is 13.0 Å². The van der Waals surface area contributed by atoms with Crippen LogP contribution in [0.25, 0.3) is 0 Å². The van der Waals surface area contributed by atoms with Crippen molar-refractivity contribution in [2.75, 3.05) is 6.54 Å². The number of hydrogen-bond acceptors (Lipinski definition) is 3. The van der Waals surface area contributed by atoms with Gasteiger partial charge in [0.05, 0.1) is 5.01 Å². The number of rotatable bonds is 6. The molecule has 3 heteroatoms. The molecule has 1 aliphatic carbocycles. The Morgan fingerprint density at radius 2 is 2.25 bits per heavy atom. The van der Waals surface area contributed by atoms with Gasteiger partial charge in [0, 0.05) is 24.2 Å². The van der Waals surface area contributed by atoms with Crippen LogP contribution in [0.4, 0.5) is 0 Å². The van der Waals surface area contributed by atoms with Crippen molar-refractivity contribution in [2.45, 2.75) is 52.5 Å². The van der Waals surface area contributed by atoms with E-state index in [9.17, 15) is 0 Å². The van der Waals surface area contributed by atoms with Crippen molar-refractivity contribution < 1.29 is 0 Å². The molecule has 2 rings (SSSR count). The Morgan fingerprint density at radius 3 is 2.75 bits per heavy atom. The van der Waals surface area contributed by atoms with Crippen LogP contribution >= 0.6 is 11.3 Å². The third kappa shape index (κ3) is 2.64. The first-order valence-corrected chi connectivity index (χ1v) is 7.24. The lowest BCUT2D eigenvalue weighted by molar-refractivity contribution is 0.124. The van der Waals surface area contributed by atoms with E-state index in [0.29, 0.717) is 5.41 Å². The van der Waals surface area contributed by atoms with Gasteiger partial charge in [0.1, 0.15) is 0 Å². The maximum atomic E-state index is 4.38. The maximum Gasteiger partial charge on any atom is 0.0925 e. The Morgan fingerprint density at radius 1 is 1.44 bits per heavy atom. The molecule has 0 aliphatic heterocycles. The Hall–Kier alpha value is -0.410. The fourth-order valence-electron chi connectivity index (χ4n) is 2.38. The third-order valence-corrected chi connectivity index (χ3v) is 5.01. The zero-order valence-electron chi connectivity index (χ0n) is 10.4. The third-order valence-electron chi connectivity index (χ3n) is 3.87. The van der Waals surface area contributed by atoms with Gasteiger partial charge in [-0.2, -0.15) is 0 Å². The molecule has 0 atom stereocenters. The first-order chi connectivity index (χ1) is 7.78. The van der Waals surface area contributed by atoms with E-state index < -0.39 is 0 Å². The quantitative estimate of drug-likeness (QED) is 0.822. The fraction of sp³-hybridized carbons (Fsp3) is 0.769. The summed E-state index contributed by atoms with van der Waals surface area (Å²) < 4.78 is 0. The van der Waals surface area contributed by atoms with Crippen LogP contribution in [0, 0.1) is 5.41 Å². The second kappa shape index (κ2) is 5.28. The monoisotopic (exact) mass is 238 g/mol. The van der Waals surface area contributed by atoms with Gasteiger partial charge in [-0.15, -0.1) is 11.3 Å². The summed E-state index contributed by atoms with van der Waals surface area (Å²) in [6.45, 7) is 6.67. The van der Waals surface area contributed by atoms with Crippen LogP contribution in [0.1, 0.15) is 49.4 Å². The number of nitrogens with zero attached hydrogens (tertiary/aromatic N) is 1. The normalized spacial score (nSPS) is 18.4. The standard InChI is InChI=1S/C13H22N2S/c1-3-12-15-9-11(16-12)8-14-10-13(4-2)6-5-7-13/h9,14H,3-8,10H2,1-2H3. The molecule has 1 aromatic heterocycles. The van der Waals surface area contributed by atoms with E-state index in [1.807, 2.05) is 17.5 Å². The number of hydrogen-bond donors (Lipinski definition) is 1. The summed E-state index contributed by atoms with van der Waals surface area (Å²) in [7, 11) is 0. The van der Waals surface area contributed by atoms with Crippen molar-refractivity contribution >= 4 is 11.3 Å². The summed E-state index contributed by atoms with van der Waals surface area (Å²) in [6.07, 6.45) is 8.66. The van der Waals surface area contributed by atoms with E-state index in [0.717, 1.165) is 13.0 Å². The SMILES string of the molecule is CCc1ncc(CNCC2(CC)CCC2)s1. The van der Waals surface area contributed by atoms with Crippen molar-refractivity contribution in [1.82, 2.24) is 10.3 Å². The smallest absolute Gasteiger partial charge is 0.0925 e. The Bertz CT molecular complexity index is 323. The second-order valence-electron chi connectivity index (χ2n) is 4.88. The van der Waals surface area contributed by atoms with Crippen LogP contribution in [-0.4, -0.2) is 11.5 Å². The van der Waals surface area contributed by atoms with Gasteiger partial charge < -0.3 is 5.32 Å². The number of aromatic nitrogens is 1. The first-order valence-electron chi connectivity index (χ1n) is 6.42. The largest absolute Gasteiger partial charge is 0.311 e. The van der Waals surface area contributed by atoms with Gasteiger partial charge in [-0.05, 0) is 31.1 Å². The molecule has 90 valence electrons. The van der Waals surface area contributed by atoms with Crippen molar-refractivity contribution in [2.24, 2.45) is 5.41 Å². The molecular weight excluding hydrogens is 216 g/mol. The number of aryl methyl sites for hydroxylation is 1. The van der Waals surface area contributed by atoms with E-state index in [-0.39, 0.29) is 0 Å². The van der Waals surface area contributed by atoms with Gasteiger partial charge >= 0.3 is 0 Å². The van der Waals surface area contributed by atoms with Gasteiger partial charge in [-0.1, -0.05) is 20.3 Å². The van der Waals surface area contributed by atoms with Crippen LogP contribution in [0.2, 0.25) is 0 Å². The molecule has 2 nitrogen and oxygen atoms in total. The molecule has 1 aromatic rings. The van der Waals surface area contributed by atoms with Crippen LogP contribution in [0.15, 0.2) is 6.20 Å². The van der Waals surface area contributed by atoms with Crippen LogP contribution < -0.4 is 5.32 Å². The predicted molar refractivity (Wildman–Crippen MR) is 69.8 cm³/mol. The van der Waals surface area contributed by atoms with Gasteiger partial charge in [-0.3, -0.25) is 0 Å². The molecule has 1 N–H and O–H groups in total. The van der Waals surface area contributed by atoms with E-state index in [4.69, 9.17) is 0 Å². The molecule has 0 amide bonds. The molecule has 1 heterocycles. The van der Waals surface area contributed by atoms with E-state index in [1.54, 1.807) is 0 Å². The first kappa shape index (κ1) is 12.1. The predicted octanol–water partition coefficient (Wildman–Crippen LogP) is 3.38. The topological polar surface area (TPSA) is 24.9 Å². The van der Waals surface area contributed by atoms with Crippen LogP contribution in [0.5, 0.6) is 0 Å². The Kier molecular flexibility index (Phi) is 3.98. The average Bonchev–Trinajstić information content (AvgIpc) is 2.70. The van der Waals surface area contributed by atoms with Gasteiger partial charge in [0.15, 0.2) is 0 Å². The molecule has 1 fully saturated rings. The Labute approximate surface area is 102 Å². The van der Waals surface area contributed by atoms with E-state index >= 15 is 0 Å². The average molecular weight is 238 g/mol. The fourth-order valence-corrected chi connectivity index (χ4v) is 3.21. The van der Waals surface area contributed by atoms with Gasteiger partial charge in [-0.25, -0.2) is 4.98 Å². The highest BCUT2D eigenvalue weighted by atomic mass is 32.1. The molecule has 0 unspecified atom stereocenters. The summed E-state index contributed by atoms with van der Waals surface area (Å²) in [5.41, 5.74) is 0.623. The molecule has 0 spiro atoms. The molecule has 0 radical (unpaired) electrons. The highest BCUT2D eigenvalue weighted by Crippen LogP contribution is 2.43. The lowest BCUT2D eigenvalue weighted by Crippen LogP contribution is -2.39. The molecule has 1 saturated carbocycles. The molecule has 0 bridgehead atoms. The van der Waals surface area contributed by atoms with Gasteiger partial charge in [0.25, 0.3) is 0 Å². The molecule has 1 aliphatic rings. The number of nitrogens with one attached hydrogen (secondary N) is 1. The molecule has 0 aromatic carbocycles. The van der Waals surface area contributed by atoms with Crippen molar-refractivity contribution in [3.8, 4) is 0 Å².